The van der Waals surface area contributed by atoms with E-state index in [2.05, 4.69) is 78.3 Å². The molecule has 1 N–H and O–H groups in total. The number of anilines is 1. The van der Waals surface area contributed by atoms with Crippen LogP contribution in [-0.2, 0) is 11.2 Å². The number of carbonyl (C=O) groups is 1. The molecule has 0 radical (unpaired) electrons. The summed E-state index contributed by atoms with van der Waals surface area (Å²) in [4.78, 5) is 18.8. The van der Waals surface area contributed by atoms with Crippen molar-refractivity contribution in [1.82, 2.24) is 19.7 Å². The highest BCUT2D eigenvalue weighted by atomic mass is 32.2. The van der Waals surface area contributed by atoms with Crippen molar-refractivity contribution in [2.45, 2.75) is 52.2 Å². The zero-order chi connectivity index (χ0) is 26.1. The molecule has 0 aliphatic carbocycles. The second kappa shape index (κ2) is 10.8. The van der Waals surface area contributed by atoms with E-state index in [0.29, 0.717) is 0 Å². The zero-order valence-corrected chi connectivity index (χ0v) is 24.0. The Morgan fingerprint density at radius 3 is 2.62 bits per heavy atom. The summed E-state index contributed by atoms with van der Waals surface area (Å²) in [5.41, 5.74) is 6.51. The molecule has 0 spiro atoms. The number of thiazole rings is 1. The predicted molar refractivity (Wildman–Crippen MR) is 157 cm³/mol. The number of fused-ring (bicyclic) bond motifs is 1. The Kier molecular flexibility index (Phi) is 7.46. The fourth-order valence-corrected chi connectivity index (χ4v) is 7.18. The number of aromatic nitrogens is 4. The van der Waals surface area contributed by atoms with Crippen molar-refractivity contribution < 1.29 is 4.79 Å². The minimum Gasteiger partial charge on any atom is -0.325 e. The zero-order valence-electron chi connectivity index (χ0n) is 21.5. The molecule has 9 heteroatoms. The number of thioether (sulfide) groups is 1. The standard InChI is InChI=1S/C28H29N5OS3/c1-6-21-18(5)35-14-22(21)26-31-32-28(33(26)16(2)3)36-15-25(34)29-20-10-8-19(9-11-20)27-30-23-12-7-17(4)13-24(23)37-27/h7-14,16H,6,15H2,1-5H3,(H,29,34). The van der Waals surface area contributed by atoms with Gasteiger partial charge in [-0.1, -0.05) is 24.8 Å². The van der Waals surface area contributed by atoms with E-state index in [-0.39, 0.29) is 17.7 Å². The highest BCUT2D eigenvalue weighted by Crippen LogP contribution is 2.35. The number of carbonyl (C=O) groups excluding carboxylic acids is 1. The topological polar surface area (TPSA) is 72.7 Å². The first kappa shape index (κ1) is 25.6. The summed E-state index contributed by atoms with van der Waals surface area (Å²) in [6, 6.07) is 14.3. The van der Waals surface area contributed by atoms with Gasteiger partial charge >= 0.3 is 0 Å². The molecule has 0 saturated carbocycles. The van der Waals surface area contributed by atoms with Gasteiger partial charge in [-0.2, -0.15) is 0 Å². The monoisotopic (exact) mass is 547 g/mol. The molecule has 0 aliphatic heterocycles. The largest absolute Gasteiger partial charge is 0.325 e. The summed E-state index contributed by atoms with van der Waals surface area (Å²) >= 11 is 4.84. The fraction of sp³-hybridized carbons (Fsp3) is 0.286. The van der Waals surface area contributed by atoms with Crippen LogP contribution in [0.4, 0.5) is 5.69 Å². The molecule has 0 fully saturated rings. The van der Waals surface area contributed by atoms with E-state index in [1.54, 1.807) is 22.7 Å². The quantitative estimate of drug-likeness (QED) is 0.201. The van der Waals surface area contributed by atoms with Crippen LogP contribution in [0.15, 0.2) is 53.0 Å². The second-order valence-corrected chi connectivity index (χ2v) is 12.3. The molecule has 0 bridgehead atoms. The van der Waals surface area contributed by atoms with Crippen LogP contribution in [0.3, 0.4) is 0 Å². The third-order valence-electron chi connectivity index (χ3n) is 6.17. The SMILES string of the molecule is CCc1c(-c2nnc(SCC(=O)Nc3ccc(-c4nc5ccc(C)cc5s4)cc3)n2C(C)C)csc1C. The summed E-state index contributed by atoms with van der Waals surface area (Å²) in [6.45, 7) is 10.6. The van der Waals surface area contributed by atoms with Crippen molar-refractivity contribution in [2.24, 2.45) is 0 Å². The van der Waals surface area contributed by atoms with Crippen molar-refractivity contribution in [3.05, 3.63) is 63.8 Å². The van der Waals surface area contributed by atoms with Crippen LogP contribution in [0.1, 0.15) is 42.8 Å². The van der Waals surface area contributed by atoms with Gasteiger partial charge in [-0.3, -0.25) is 9.36 Å². The molecule has 3 aromatic heterocycles. The van der Waals surface area contributed by atoms with E-state index in [4.69, 9.17) is 4.98 Å². The van der Waals surface area contributed by atoms with Gasteiger partial charge in [0.25, 0.3) is 0 Å². The van der Waals surface area contributed by atoms with Gasteiger partial charge in [0, 0.05) is 33.1 Å². The van der Waals surface area contributed by atoms with Crippen molar-refractivity contribution in [2.75, 3.05) is 11.1 Å². The van der Waals surface area contributed by atoms with E-state index >= 15 is 0 Å². The Morgan fingerprint density at radius 1 is 1.11 bits per heavy atom. The van der Waals surface area contributed by atoms with Crippen LogP contribution >= 0.6 is 34.4 Å². The molecule has 0 aliphatic rings. The van der Waals surface area contributed by atoms with E-state index in [1.807, 2.05) is 24.3 Å². The maximum atomic E-state index is 12.8. The lowest BCUT2D eigenvalue weighted by atomic mass is 10.1. The van der Waals surface area contributed by atoms with Crippen molar-refractivity contribution in [3.8, 4) is 22.0 Å². The number of benzene rings is 2. The lowest BCUT2D eigenvalue weighted by Gasteiger charge is -2.14. The number of rotatable bonds is 8. The minimum absolute atomic E-state index is 0.0753. The lowest BCUT2D eigenvalue weighted by Crippen LogP contribution is -2.15. The normalized spacial score (nSPS) is 11.5. The number of hydrogen-bond acceptors (Lipinski definition) is 7. The fourth-order valence-electron chi connectivity index (χ4n) is 4.31. The molecule has 2 aromatic carbocycles. The van der Waals surface area contributed by atoms with Crippen molar-refractivity contribution in [1.29, 1.82) is 0 Å². The van der Waals surface area contributed by atoms with Gasteiger partial charge in [-0.15, -0.1) is 32.9 Å². The van der Waals surface area contributed by atoms with E-state index in [0.717, 1.165) is 44.7 Å². The molecule has 0 saturated heterocycles. The van der Waals surface area contributed by atoms with Crippen LogP contribution < -0.4 is 5.32 Å². The van der Waals surface area contributed by atoms with Crippen molar-refractivity contribution in [3.63, 3.8) is 0 Å². The number of nitrogens with zero attached hydrogens (tertiary/aromatic N) is 4. The molecule has 190 valence electrons. The molecule has 37 heavy (non-hydrogen) atoms. The smallest absolute Gasteiger partial charge is 0.234 e. The summed E-state index contributed by atoms with van der Waals surface area (Å²) < 4.78 is 3.31. The van der Waals surface area contributed by atoms with Crippen LogP contribution in [0.5, 0.6) is 0 Å². The molecular weight excluding hydrogens is 519 g/mol. The van der Waals surface area contributed by atoms with E-state index < -0.39 is 0 Å². The maximum absolute atomic E-state index is 12.8. The van der Waals surface area contributed by atoms with Crippen LogP contribution in [-0.4, -0.2) is 31.4 Å². The van der Waals surface area contributed by atoms with Crippen LogP contribution in [0, 0.1) is 13.8 Å². The predicted octanol–water partition coefficient (Wildman–Crippen LogP) is 7.77. The number of hydrogen-bond donors (Lipinski definition) is 1. The number of amides is 1. The van der Waals surface area contributed by atoms with Gasteiger partial charge in [0.05, 0.1) is 16.0 Å². The lowest BCUT2D eigenvalue weighted by molar-refractivity contribution is -0.113. The number of aryl methyl sites for hydroxylation is 2. The van der Waals surface area contributed by atoms with Crippen LogP contribution in [0.25, 0.3) is 32.2 Å². The van der Waals surface area contributed by atoms with Crippen LogP contribution in [0.2, 0.25) is 0 Å². The average Bonchev–Trinajstić information content (AvgIpc) is 3.58. The van der Waals surface area contributed by atoms with Gasteiger partial charge in [0.15, 0.2) is 11.0 Å². The average molecular weight is 548 g/mol. The molecule has 5 rings (SSSR count). The first-order valence-corrected chi connectivity index (χ1v) is 14.9. The third-order valence-corrected chi connectivity index (χ3v) is 9.13. The van der Waals surface area contributed by atoms with E-state index in [9.17, 15) is 4.79 Å². The summed E-state index contributed by atoms with van der Waals surface area (Å²) in [5, 5.41) is 15.9. The van der Waals surface area contributed by atoms with Gasteiger partial charge < -0.3 is 5.32 Å². The summed E-state index contributed by atoms with van der Waals surface area (Å²) in [7, 11) is 0. The highest BCUT2D eigenvalue weighted by Gasteiger charge is 2.21. The number of thiophene rings is 1. The molecule has 3 heterocycles. The van der Waals surface area contributed by atoms with Gasteiger partial charge in [0.2, 0.25) is 5.91 Å². The molecule has 6 nitrogen and oxygen atoms in total. The third kappa shape index (κ3) is 5.35. The molecule has 5 aromatic rings. The van der Waals surface area contributed by atoms with Gasteiger partial charge in [-0.25, -0.2) is 4.98 Å². The van der Waals surface area contributed by atoms with Crippen molar-refractivity contribution >= 4 is 56.2 Å². The van der Waals surface area contributed by atoms with E-state index in [1.165, 1.54) is 32.5 Å². The Morgan fingerprint density at radius 2 is 1.89 bits per heavy atom. The minimum atomic E-state index is -0.0753. The molecule has 0 unspecified atom stereocenters. The maximum Gasteiger partial charge on any atom is 0.234 e. The van der Waals surface area contributed by atoms with Gasteiger partial charge in [-0.05, 0) is 81.6 Å². The molecule has 0 atom stereocenters. The Labute approximate surface area is 229 Å². The Bertz CT molecular complexity index is 1560. The second-order valence-electron chi connectivity index (χ2n) is 9.21. The Balaban J connectivity index is 1.26. The van der Waals surface area contributed by atoms with Gasteiger partial charge in [0.1, 0.15) is 5.01 Å². The molecule has 1 amide bonds. The Hall–Kier alpha value is -3.01. The molecular formula is C28H29N5OS3. The first-order chi connectivity index (χ1) is 17.8. The summed E-state index contributed by atoms with van der Waals surface area (Å²) in [6.07, 6.45) is 0.956. The highest BCUT2D eigenvalue weighted by molar-refractivity contribution is 7.99. The first-order valence-electron chi connectivity index (χ1n) is 12.3. The number of nitrogens with one attached hydrogen (secondary N) is 1. The summed E-state index contributed by atoms with van der Waals surface area (Å²) in [5.74, 6) is 1.06.